The van der Waals surface area contributed by atoms with Crippen molar-refractivity contribution >= 4 is 0 Å². The Morgan fingerprint density at radius 1 is 1.10 bits per heavy atom. The first kappa shape index (κ1) is 22.5. The summed E-state index contributed by atoms with van der Waals surface area (Å²) < 4.78 is 5.19. The van der Waals surface area contributed by atoms with Crippen molar-refractivity contribution in [2.45, 2.75) is 55.6 Å². The molecule has 0 saturated carbocycles. The molecule has 0 N–H and O–H groups in total. The third-order valence-corrected chi connectivity index (χ3v) is 0.655. The molecule has 0 spiro atoms. The van der Waals surface area contributed by atoms with Gasteiger partial charge in [0.05, 0.1) is 6.10 Å². The normalized spacial score (nSPS) is 7.20. The average molecular weight is 150 g/mol. The van der Waals surface area contributed by atoms with Crippen LogP contribution in [0.2, 0.25) is 0 Å². The lowest BCUT2D eigenvalue weighted by Crippen LogP contribution is -2.01. The summed E-state index contributed by atoms with van der Waals surface area (Å²) in [4.78, 5) is 0. The number of hydrogen-bond donors (Lipinski definition) is 0. The van der Waals surface area contributed by atoms with Crippen LogP contribution < -0.4 is 0 Å². The minimum Gasteiger partial charge on any atom is -0.379 e. The Hall–Kier alpha value is -0.0400. The summed E-state index contributed by atoms with van der Waals surface area (Å²) in [5, 5.41) is 0. The topological polar surface area (TPSA) is 9.23 Å². The summed E-state index contributed by atoms with van der Waals surface area (Å²) in [6.45, 7) is 7.12. The van der Waals surface area contributed by atoms with Crippen molar-refractivity contribution < 1.29 is 4.74 Å². The zero-order valence-electron chi connectivity index (χ0n) is 5.40. The molecule has 0 fully saturated rings. The quantitative estimate of drug-likeness (QED) is 0.595. The Labute approximate surface area is 67.8 Å². The highest BCUT2D eigenvalue weighted by Gasteiger charge is 1.86. The number of rotatable bonds is 3. The maximum absolute atomic E-state index is 5.19. The van der Waals surface area contributed by atoms with E-state index in [9.17, 15) is 0 Å². The van der Waals surface area contributed by atoms with Crippen LogP contribution in [-0.2, 0) is 4.74 Å². The van der Waals surface area contributed by atoms with Gasteiger partial charge in [-0.15, -0.1) is 0 Å². The molecular weight excluding hydrogens is 124 g/mol. The molecule has 0 saturated heterocycles. The van der Waals surface area contributed by atoms with Gasteiger partial charge in [0, 0.05) is 6.61 Å². The zero-order valence-corrected chi connectivity index (χ0v) is 5.40. The Balaban J connectivity index is -0.0000000600. The molecule has 0 aromatic heterocycles. The van der Waals surface area contributed by atoms with Crippen LogP contribution in [0.5, 0.6) is 0 Å². The van der Waals surface area contributed by atoms with Crippen molar-refractivity contribution in [2.75, 3.05) is 6.61 Å². The maximum Gasteiger partial charge on any atom is 0.0518 e. The van der Waals surface area contributed by atoms with Gasteiger partial charge in [-0.3, -0.25) is 0 Å². The highest BCUT2D eigenvalue weighted by Crippen LogP contribution is 1.87. The summed E-state index contributed by atoms with van der Waals surface area (Å²) in [5.74, 6) is 0. The van der Waals surface area contributed by atoms with Crippen LogP contribution in [0.15, 0.2) is 0 Å². The Morgan fingerprint density at radius 2 is 1.50 bits per heavy atom. The summed E-state index contributed by atoms with van der Waals surface area (Å²) in [5.41, 5.74) is 0. The molecule has 0 bridgehead atoms. The molecule has 0 aliphatic carbocycles. The molecule has 10 heavy (non-hydrogen) atoms. The summed E-state index contributed by atoms with van der Waals surface area (Å²) in [6, 6.07) is 0. The van der Waals surface area contributed by atoms with Crippen molar-refractivity contribution in [3.05, 3.63) is 0 Å². The van der Waals surface area contributed by atoms with E-state index in [2.05, 4.69) is 20.8 Å². The molecule has 0 atom stereocenters. The van der Waals surface area contributed by atoms with Crippen LogP contribution in [0, 0.1) is 0 Å². The van der Waals surface area contributed by atoms with Crippen LogP contribution >= 0.6 is 0 Å². The molecule has 68 valence electrons. The minimum absolute atomic E-state index is 0. The third-order valence-electron chi connectivity index (χ3n) is 0.655. The van der Waals surface area contributed by atoms with Gasteiger partial charge in [-0.25, -0.2) is 0 Å². The molecular formula is C9H26O. The van der Waals surface area contributed by atoms with Gasteiger partial charge in [-0.05, 0) is 20.3 Å². The molecule has 0 unspecified atom stereocenters. The zero-order chi connectivity index (χ0) is 5.70. The van der Waals surface area contributed by atoms with E-state index >= 15 is 0 Å². The highest BCUT2D eigenvalue weighted by atomic mass is 16.5. The second-order valence-electron chi connectivity index (χ2n) is 1.92. The molecule has 0 radical (unpaired) electrons. The van der Waals surface area contributed by atoms with E-state index in [1.165, 1.54) is 0 Å². The molecule has 1 heteroatoms. The second kappa shape index (κ2) is 16.0. The Kier molecular flexibility index (Phi) is 36.0. The predicted octanol–water partition coefficient (Wildman–Crippen LogP) is 3.73. The van der Waals surface area contributed by atoms with Gasteiger partial charge in [0.2, 0.25) is 0 Å². The van der Waals surface area contributed by atoms with Crippen molar-refractivity contribution in [2.24, 2.45) is 0 Å². The molecule has 0 heterocycles. The van der Waals surface area contributed by atoms with E-state index in [4.69, 9.17) is 4.74 Å². The molecule has 0 amide bonds. The molecule has 0 aliphatic rings. The van der Waals surface area contributed by atoms with E-state index in [0.29, 0.717) is 6.10 Å². The van der Waals surface area contributed by atoms with Crippen molar-refractivity contribution in [3.63, 3.8) is 0 Å². The predicted molar refractivity (Wildman–Crippen MR) is 51.6 cm³/mol. The van der Waals surface area contributed by atoms with Crippen molar-refractivity contribution in [3.8, 4) is 0 Å². The highest BCUT2D eigenvalue weighted by molar-refractivity contribution is 4.33. The molecule has 1 nitrogen and oxygen atoms in total. The van der Waals surface area contributed by atoms with Gasteiger partial charge in [0.25, 0.3) is 0 Å². The van der Waals surface area contributed by atoms with Crippen LogP contribution in [0.4, 0.5) is 0 Å². The van der Waals surface area contributed by atoms with Crippen molar-refractivity contribution in [1.82, 2.24) is 0 Å². The monoisotopic (exact) mass is 150 g/mol. The first-order valence-corrected chi connectivity index (χ1v) is 2.89. The van der Waals surface area contributed by atoms with Gasteiger partial charge in [-0.1, -0.05) is 29.2 Å². The van der Waals surface area contributed by atoms with Crippen LogP contribution in [0.1, 0.15) is 49.5 Å². The van der Waals surface area contributed by atoms with E-state index < -0.39 is 0 Å². The van der Waals surface area contributed by atoms with E-state index in [0.717, 1.165) is 13.0 Å². The van der Waals surface area contributed by atoms with E-state index in [1.54, 1.807) is 0 Å². The van der Waals surface area contributed by atoms with E-state index in [1.807, 2.05) is 0 Å². The second-order valence-corrected chi connectivity index (χ2v) is 1.92. The standard InChI is InChI=1S/C6H14O.3CH4/c1-4-5-7-6(2)3;;;/h6H,4-5H2,1-3H3;3*1H4. The Bertz CT molecular complexity index is 33.7. The molecule has 0 aliphatic heterocycles. The lowest BCUT2D eigenvalue weighted by molar-refractivity contribution is 0.0794. The van der Waals surface area contributed by atoms with Crippen molar-refractivity contribution in [1.29, 1.82) is 0 Å². The third kappa shape index (κ3) is 24.6. The van der Waals surface area contributed by atoms with Gasteiger partial charge in [0.1, 0.15) is 0 Å². The van der Waals surface area contributed by atoms with Gasteiger partial charge >= 0.3 is 0 Å². The molecule has 0 aromatic carbocycles. The van der Waals surface area contributed by atoms with Crippen LogP contribution in [0.25, 0.3) is 0 Å². The lowest BCUT2D eigenvalue weighted by Gasteiger charge is -2.03. The van der Waals surface area contributed by atoms with E-state index in [-0.39, 0.29) is 22.3 Å². The Morgan fingerprint density at radius 3 is 1.60 bits per heavy atom. The number of ether oxygens (including phenoxy) is 1. The minimum atomic E-state index is 0. The summed E-state index contributed by atoms with van der Waals surface area (Å²) in [7, 11) is 0. The first-order chi connectivity index (χ1) is 3.27. The fraction of sp³-hybridized carbons (Fsp3) is 1.00. The van der Waals surface area contributed by atoms with Gasteiger partial charge in [-0.2, -0.15) is 0 Å². The summed E-state index contributed by atoms with van der Waals surface area (Å²) in [6.07, 6.45) is 1.53. The number of hydrogen-bond acceptors (Lipinski definition) is 1. The van der Waals surface area contributed by atoms with Crippen LogP contribution in [0.3, 0.4) is 0 Å². The largest absolute Gasteiger partial charge is 0.379 e. The summed E-state index contributed by atoms with van der Waals surface area (Å²) >= 11 is 0. The first-order valence-electron chi connectivity index (χ1n) is 2.89. The van der Waals surface area contributed by atoms with Gasteiger partial charge in [0.15, 0.2) is 0 Å². The molecule has 0 rings (SSSR count). The molecule has 0 aromatic rings. The van der Waals surface area contributed by atoms with Gasteiger partial charge < -0.3 is 4.74 Å². The van der Waals surface area contributed by atoms with Crippen LogP contribution in [-0.4, -0.2) is 12.7 Å². The smallest absolute Gasteiger partial charge is 0.0518 e. The maximum atomic E-state index is 5.19. The fourth-order valence-corrected chi connectivity index (χ4v) is 0.354. The average Bonchev–Trinajstić information content (AvgIpc) is 1.61. The lowest BCUT2D eigenvalue weighted by atomic mass is 10.4. The SMILES string of the molecule is C.C.C.CCCOC(C)C. The fourth-order valence-electron chi connectivity index (χ4n) is 0.354.